The Morgan fingerprint density at radius 3 is 1.96 bits per heavy atom. The third-order valence-electron chi connectivity index (χ3n) is 4.31. The summed E-state index contributed by atoms with van der Waals surface area (Å²) in [5.74, 6) is 0. The number of aliphatic hydroxyl groups excluding tert-OH is 6. The molecule has 7 N–H and O–H groups in total. The summed E-state index contributed by atoms with van der Waals surface area (Å²) in [7, 11) is 0. The second-order valence-corrected chi connectivity index (χ2v) is 5.90. The Hall–Kier alpha value is -1.16. The molecule has 2 aliphatic rings. The van der Waals surface area contributed by atoms with E-state index in [-0.39, 0.29) is 0 Å². The van der Waals surface area contributed by atoms with E-state index in [2.05, 4.69) is 15.7 Å². The van der Waals surface area contributed by atoms with Crippen LogP contribution in [0.4, 0.5) is 0 Å². The zero-order valence-corrected chi connectivity index (χ0v) is 12.9. The second kappa shape index (κ2) is 8.48. The van der Waals surface area contributed by atoms with E-state index in [0.29, 0.717) is 0 Å². The number of rotatable bonds is 6. The molecule has 2 aliphatic heterocycles. The van der Waals surface area contributed by atoms with Crippen LogP contribution in [0.1, 0.15) is 0 Å². The first kappa shape index (κ1) is 20.2. The Bertz CT molecular complexity index is 466. The van der Waals surface area contributed by atoms with Gasteiger partial charge < -0.3 is 40.1 Å². The minimum atomic E-state index is -1.68. The molecule has 0 aromatic heterocycles. The third kappa shape index (κ3) is 3.99. The zero-order valence-electron chi connectivity index (χ0n) is 12.9. The molecule has 0 radical (unpaired) electrons. The van der Waals surface area contributed by atoms with E-state index in [1.54, 1.807) is 0 Å². The number of nitrogens with zero attached hydrogens (tertiary/aromatic N) is 2. The topological polar surface area (TPSA) is 211 Å². The number of nitrogens with one attached hydrogen (secondary N) is 1. The van der Waals surface area contributed by atoms with Gasteiger partial charge in [-0.05, 0) is 0 Å². The normalized spacial score (nSPS) is 48.1. The molecule has 0 aliphatic carbocycles. The third-order valence-corrected chi connectivity index (χ3v) is 4.31. The van der Waals surface area contributed by atoms with E-state index < -0.39 is 74.4 Å². The van der Waals surface area contributed by atoms with Crippen molar-refractivity contribution in [2.24, 2.45) is 10.4 Å². The number of aliphatic hydroxyl groups is 6. The first-order valence-corrected chi connectivity index (χ1v) is 7.55. The van der Waals surface area contributed by atoms with Crippen LogP contribution in [0.2, 0.25) is 0 Å². The van der Waals surface area contributed by atoms with Crippen molar-refractivity contribution in [3.63, 3.8) is 0 Å². The summed E-state index contributed by atoms with van der Waals surface area (Å²) in [6.07, 6.45) is -13.4. The van der Waals surface area contributed by atoms with Crippen LogP contribution in [0.5, 0.6) is 0 Å². The van der Waals surface area contributed by atoms with Gasteiger partial charge in [0.25, 0.3) is 0 Å². The minimum absolute atomic E-state index is 0.517. The van der Waals surface area contributed by atoms with Gasteiger partial charge in [0.2, 0.25) is 0 Å². The number of ether oxygens (including phenoxy) is 2. The van der Waals surface area contributed by atoms with E-state index in [1.807, 2.05) is 0 Å². The molecule has 0 amide bonds. The zero-order chi connectivity index (χ0) is 18.7. The molecule has 2 saturated heterocycles. The lowest BCUT2D eigenvalue weighted by molar-refractivity contribution is -0.256. The molecule has 0 bridgehead atoms. The van der Waals surface area contributed by atoms with E-state index in [9.17, 15) is 35.3 Å². The molecular formula is C12H21N3O10. The Morgan fingerprint density at radius 1 is 0.800 bits per heavy atom. The number of hydrogen-bond donors (Lipinski definition) is 7. The molecule has 13 heteroatoms. The lowest BCUT2D eigenvalue weighted by atomic mass is 9.95. The van der Waals surface area contributed by atoms with Gasteiger partial charge in [-0.3, -0.25) is 5.32 Å². The molecule has 2 fully saturated rings. The Kier molecular flexibility index (Phi) is 6.84. The molecule has 2 heterocycles. The van der Waals surface area contributed by atoms with Crippen molar-refractivity contribution < 1.29 is 40.1 Å². The van der Waals surface area contributed by atoms with E-state index in [0.717, 1.165) is 0 Å². The monoisotopic (exact) mass is 367 g/mol. The average molecular weight is 367 g/mol. The molecule has 10 unspecified atom stereocenters. The van der Waals surface area contributed by atoms with Gasteiger partial charge in [-0.2, -0.15) is 9.81 Å². The van der Waals surface area contributed by atoms with Gasteiger partial charge in [0, 0.05) is 0 Å². The second-order valence-electron chi connectivity index (χ2n) is 5.90. The van der Waals surface area contributed by atoms with Crippen molar-refractivity contribution in [1.82, 2.24) is 5.32 Å². The summed E-state index contributed by atoms with van der Waals surface area (Å²) in [5.41, 5.74) is 0. The number of hydrogen-bond acceptors (Lipinski definition) is 13. The Labute approximate surface area is 141 Å². The standard InChI is InChI=1S/C12H21N3O10/c16-2-4-7(18)9(20)10(21)12(25-4)14-11-5(15-23)8(19)6(17)3(24-11)1-13-22/h3-12,14,16-21H,1-2H2. The number of nitroso groups, excluding NO2 is 2. The van der Waals surface area contributed by atoms with Crippen LogP contribution in [0.25, 0.3) is 0 Å². The summed E-state index contributed by atoms with van der Waals surface area (Å²) < 4.78 is 10.5. The van der Waals surface area contributed by atoms with Gasteiger partial charge in [0.05, 0.1) is 6.61 Å². The van der Waals surface area contributed by atoms with Crippen LogP contribution < -0.4 is 5.32 Å². The SMILES string of the molecule is O=NCC1OC(NC2OC(CO)C(O)C(O)C2O)C(N=O)C(O)C1O. The van der Waals surface area contributed by atoms with E-state index in [4.69, 9.17) is 14.6 Å². The van der Waals surface area contributed by atoms with Gasteiger partial charge in [0.15, 0.2) is 6.04 Å². The van der Waals surface area contributed by atoms with Crippen molar-refractivity contribution in [2.45, 2.75) is 61.2 Å². The fraction of sp³-hybridized carbons (Fsp3) is 1.00. The van der Waals surface area contributed by atoms with Crippen molar-refractivity contribution in [1.29, 1.82) is 0 Å². The highest BCUT2D eigenvalue weighted by molar-refractivity contribution is 4.98. The molecule has 0 aromatic carbocycles. The van der Waals surface area contributed by atoms with Crippen LogP contribution >= 0.6 is 0 Å². The molecule has 0 saturated carbocycles. The fourth-order valence-electron chi connectivity index (χ4n) is 2.83. The summed E-state index contributed by atoms with van der Waals surface area (Å²) in [6.45, 7) is -1.18. The van der Waals surface area contributed by atoms with Crippen LogP contribution in [-0.4, -0.2) is 105 Å². The van der Waals surface area contributed by atoms with Gasteiger partial charge in [0.1, 0.15) is 61.7 Å². The Balaban J connectivity index is 2.14. The molecule has 0 spiro atoms. The molecule has 144 valence electrons. The van der Waals surface area contributed by atoms with Crippen LogP contribution in [0.15, 0.2) is 10.4 Å². The molecular weight excluding hydrogens is 346 g/mol. The van der Waals surface area contributed by atoms with Crippen molar-refractivity contribution in [2.75, 3.05) is 13.2 Å². The highest BCUT2D eigenvalue weighted by atomic mass is 16.6. The predicted octanol–water partition coefficient (Wildman–Crippen LogP) is -4.28. The van der Waals surface area contributed by atoms with Gasteiger partial charge in [-0.15, -0.1) is 0 Å². The quantitative estimate of drug-likeness (QED) is 0.223. The van der Waals surface area contributed by atoms with E-state index >= 15 is 0 Å². The summed E-state index contributed by atoms with van der Waals surface area (Å²) in [5, 5.41) is 66.1. The maximum atomic E-state index is 11.0. The average Bonchev–Trinajstić information content (AvgIpc) is 2.60. The predicted molar refractivity (Wildman–Crippen MR) is 77.8 cm³/mol. The Morgan fingerprint density at radius 2 is 1.40 bits per heavy atom. The largest absolute Gasteiger partial charge is 0.394 e. The summed E-state index contributed by atoms with van der Waals surface area (Å²) >= 11 is 0. The lowest BCUT2D eigenvalue weighted by Crippen LogP contribution is -2.68. The van der Waals surface area contributed by atoms with Gasteiger partial charge in [-0.1, -0.05) is 10.4 Å². The molecule has 0 aromatic rings. The lowest BCUT2D eigenvalue weighted by Gasteiger charge is -2.44. The first-order chi connectivity index (χ1) is 11.8. The summed E-state index contributed by atoms with van der Waals surface area (Å²) in [6, 6.07) is -1.52. The maximum Gasteiger partial charge on any atom is 0.160 e. The fourth-order valence-corrected chi connectivity index (χ4v) is 2.83. The highest BCUT2D eigenvalue weighted by Gasteiger charge is 2.49. The van der Waals surface area contributed by atoms with E-state index in [1.165, 1.54) is 0 Å². The maximum absolute atomic E-state index is 11.0. The van der Waals surface area contributed by atoms with Crippen LogP contribution in [0.3, 0.4) is 0 Å². The molecule has 2 rings (SSSR count). The molecule has 25 heavy (non-hydrogen) atoms. The highest BCUT2D eigenvalue weighted by Crippen LogP contribution is 2.26. The summed E-state index contributed by atoms with van der Waals surface area (Å²) in [4.78, 5) is 21.4. The first-order valence-electron chi connectivity index (χ1n) is 7.55. The molecule has 10 atom stereocenters. The van der Waals surface area contributed by atoms with Gasteiger partial charge in [-0.25, -0.2) is 0 Å². The molecule has 13 nitrogen and oxygen atoms in total. The van der Waals surface area contributed by atoms with Crippen molar-refractivity contribution in [3.8, 4) is 0 Å². The van der Waals surface area contributed by atoms with Crippen molar-refractivity contribution >= 4 is 0 Å². The van der Waals surface area contributed by atoms with Crippen LogP contribution in [-0.2, 0) is 9.47 Å². The minimum Gasteiger partial charge on any atom is -0.394 e. The van der Waals surface area contributed by atoms with Gasteiger partial charge >= 0.3 is 0 Å². The van der Waals surface area contributed by atoms with Crippen LogP contribution in [0, 0.1) is 9.81 Å². The van der Waals surface area contributed by atoms with Crippen molar-refractivity contribution in [3.05, 3.63) is 9.81 Å². The smallest absolute Gasteiger partial charge is 0.160 e.